The molecule has 27 heavy (non-hydrogen) atoms. The fourth-order valence-corrected chi connectivity index (χ4v) is 4.05. The third-order valence-corrected chi connectivity index (χ3v) is 5.54. The first kappa shape index (κ1) is 21.5. The largest absolute Gasteiger partial charge is 0.289 e. The van der Waals surface area contributed by atoms with Crippen LogP contribution in [-0.2, 0) is 9.59 Å². The summed E-state index contributed by atoms with van der Waals surface area (Å²) in [6.07, 6.45) is 5.79. The van der Waals surface area contributed by atoms with E-state index in [-0.39, 0.29) is 11.8 Å². The summed E-state index contributed by atoms with van der Waals surface area (Å²) in [5.41, 5.74) is 5.69. The average molecular weight is 392 g/mol. The Morgan fingerprint density at radius 3 is 2.56 bits per heavy atom. The van der Waals surface area contributed by atoms with Gasteiger partial charge in [-0.3, -0.25) is 20.2 Å². The zero-order valence-electron chi connectivity index (χ0n) is 15.9. The molecule has 0 saturated carbocycles. The van der Waals surface area contributed by atoms with E-state index in [1.807, 2.05) is 60.7 Å². The average Bonchev–Trinajstić information content (AvgIpc) is 3.16. The van der Waals surface area contributed by atoms with Gasteiger partial charge >= 0.3 is 0 Å². The maximum absolute atomic E-state index is 12.9. The quantitative estimate of drug-likeness (QED) is 0.342. The van der Waals surface area contributed by atoms with E-state index in [0.29, 0.717) is 12.8 Å². The summed E-state index contributed by atoms with van der Waals surface area (Å²) >= 11 is 1.59. The number of amides is 2. The number of hydrazine groups is 1. The third-order valence-electron chi connectivity index (χ3n) is 4.48. The molecule has 0 aromatic heterocycles. The van der Waals surface area contributed by atoms with Gasteiger partial charge in [0.25, 0.3) is 0 Å². The number of nitrogens with zero attached hydrogens (tertiary/aromatic N) is 1. The molecule has 0 aliphatic carbocycles. The monoisotopic (exact) mass is 391 g/mol. The molecule has 1 aromatic carbocycles. The molecule has 1 aliphatic heterocycles. The maximum atomic E-state index is 12.9. The first-order chi connectivity index (χ1) is 13.0. The lowest BCUT2D eigenvalue weighted by Gasteiger charge is -2.27. The zero-order chi connectivity index (χ0) is 19.6. The van der Waals surface area contributed by atoms with Crippen molar-refractivity contribution in [3.63, 3.8) is 0 Å². The van der Waals surface area contributed by atoms with E-state index in [4.69, 9.17) is 0 Å². The highest BCUT2D eigenvalue weighted by Gasteiger charge is 2.34. The number of benzene rings is 1. The second-order valence-electron chi connectivity index (χ2n) is 7.13. The van der Waals surface area contributed by atoms with Crippen molar-refractivity contribution >= 4 is 29.8 Å². The lowest BCUT2D eigenvalue weighted by Crippen LogP contribution is -2.45. The van der Waals surface area contributed by atoms with Crippen LogP contribution >= 0.6 is 11.9 Å². The van der Waals surface area contributed by atoms with Gasteiger partial charge in [0.15, 0.2) is 0 Å². The van der Waals surface area contributed by atoms with Crippen LogP contribution < -0.4 is 10.9 Å². The van der Waals surface area contributed by atoms with Crippen LogP contribution in [0.15, 0.2) is 36.4 Å². The molecule has 6 nitrogen and oxygen atoms in total. The highest BCUT2D eigenvalue weighted by atomic mass is 32.2. The van der Waals surface area contributed by atoms with Gasteiger partial charge in [-0.2, -0.15) is 4.41 Å². The maximum Gasteiger partial charge on any atom is 0.247 e. The molecular formula is C20H29N3O3S. The summed E-state index contributed by atoms with van der Waals surface area (Å²) in [5, 5.41) is 9.20. The van der Waals surface area contributed by atoms with Crippen LogP contribution in [-0.4, -0.2) is 33.7 Å². The number of allylic oxidation sites excluding steroid dienone is 1. The molecule has 3 N–H and O–H groups in total. The van der Waals surface area contributed by atoms with Crippen LogP contribution in [0.25, 0.3) is 6.08 Å². The number of carbonyl (C=O) groups excluding carboxylic acids is 2. The predicted octanol–water partition coefficient (Wildman–Crippen LogP) is 3.26. The van der Waals surface area contributed by atoms with Crippen LogP contribution in [0.2, 0.25) is 0 Å². The Kier molecular flexibility index (Phi) is 8.84. The van der Waals surface area contributed by atoms with E-state index in [1.165, 1.54) is 0 Å². The van der Waals surface area contributed by atoms with Crippen molar-refractivity contribution in [2.45, 2.75) is 33.1 Å². The van der Waals surface area contributed by atoms with Crippen LogP contribution in [0.5, 0.6) is 0 Å². The van der Waals surface area contributed by atoms with Gasteiger partial charge < -0.3 is 0 Å². The minimum absolute atomic E-state index is 0.167. The molecular weight excluding hydrogens is 362 g/mol. The van der Waals surface area contributed by atoms with Gasteiger partial charge in [-0.05, 0) is 30.7 Å². The molecule has 1 aromatic rings. The topological polar surface area (TPSA) is 81.7 Å². The molecule has 0 radical (unpaired) electrons. The van der Waals surface area contributed by atoms with Crippen LogP contribution in [0.4, 0.5) is 0 Å². The Morgan fingerprint density at radius 2 is 1.96 bits per heavy atom. The van der Waals surface area contributed by atoms with Gasteiger partial charge in [0.05, 0.1) is 11.8 Å². The molecule has 2 atom stereocenters. The van der Waals surface area contributed by atoms with Crippen LogP contribution in [0, 0.1) is 17.8 Å². The standard InChI is InChI=1S/C20H29N3O3S/c1-15(2)14-18(19(24)21-23-12-7-13-27-23)17(20(25)22-26)11-6-10-16-8-4-3-5-9-16/h3-6,8-10,15,17-18,26H,7,11-14H2,1-2H3,(H,21,24)(H,22,25)/b10-6+/t17?,18-/m1/s1. The molecule has 0 spiro atoms. The fourth-order valence-electron chi connectivity index (χ4n) is 3.16. The molecule has 148 valence electrons. The SMILES string of the molecule is CC(C)C[C@@H](C(=O)NN1CCCS1)C(C/C=C/c1ccccc1)C(=O)NO. The smallest absolute Gasteiger partial charge is 0.247 e. The lowest BCUT2D eigenvalue weighted by molar-refractivity contribution is -0.141. The number of hydroxylamine groups is 1. The van der Waals surface area contributed by atoms with Gasteiger partial charge in [0.2, 0.25) is 11.8 Å². The summed E-state index contributed by atoms with van der Waals surface area (Å²) in [5.74, 6) is -0.611. The summed E-state index contributed by atoms with van der Waals surface area (Å²) in [6, 6.07) is 9.78. The van der Waals surface area contributed by atoms with Gasteiger partial charge in [-0.15, -0.1) is 0 Å². The number of hydrogen-bond donors (Lipinski definition) is 3. The Bertz CT molecular complexity index is 631. The Labute approximate surface area is 165 Å². The molecule has 0 bridgehead atoms. The van der Waals surface area contributed by atoms with Crippen molar-refractivity contribution in [3.05, 3.63) is 42.0 Å². The first-order valence-corrected chi connectivity index (χ1v) is 10.3. The molecule has 1 saturated heterocycles. The van der Waals surface area contributed by atoms with Gasteiger partial charge in [-0.1, -0.05) is 68.3 Å². The van der Waals surface area contributed by atoms with Crippen LogP contribution in [0.3, 0.4) is 0 Å². The number of hydrogen-bond acceptors (Lipinski definition) is 5. The van der Waals surface area contributed by atoms with E-state index in [2.05, 4.69) is 5.43 Å². The minimum Gasteiger partial charge on any atom is -0.289 e. The van der Waals surface area contributed by atoms with Crippen molar-refractivity contribution < 1.29 is 14.8 Å². The first-order valence-electron chi connectivity index (χ1n) is 9.37. The molecule has 7 heteroatoms. The van der Waals surface area contributed by atoms with Crippen molar-refractivity contribution in [2.75, 3.05) is 12.3 Å². The van der Waals surface area contributed by atoms with E-state index in [0.717, 1.165) is 24.3 Å². The van der Waals surface area contributed by atoms with Crippen LogP contribution in [0.1, 0.15) is 38.7 Å². The van der Waals surface area contributed by atoms with E-state index in [9.17, 15) is 14.8 Å². The highest BCUT2D eigenvalue weighted by Crippen LogP contribution is 2.26. The summed E-state index contributed by atoms with van der Waals surface area (Å²) in [6.45, 7) is 4.85. The summed E-state index contributed by atoms with van der Waals surface area (Å²) < 4.78 is 1.84. The van der Waals surface area contributed by atoms with Crippen molar-refractivity contribution in [2.24, 2.45) is 17.8 Å². The Hall–Kier alpha value is -1.83. The number of carbonyl (C=O) groups is 2. The molecule has 1 fully saturated rings. The van der Waals surface area contributed by atoms with E-state index in [1.54, 1.807) is 17.4 Å². The van der Waals surface area contributed by atoms with Gasteiger partial charge in [-0.25, -0.2) is 5.48 Å². The minimum atomic E-state index is -0.634. The summed E-state index contributed by atoms with van der Waals surface area (Å²) in [7, 11) is 0. The molecule has 1 heterocycles. The van der Waals surface area contributed by atoms with E-state index < -0.39 is 17.7 Å². The van der Waals surface area contributed by atoms with Crippen molar-refractivity contribution in [1.29, 1.82) is 0 Å². The molecule has 1 unspecified atom stereocenters. The lowest BCUT2D eigenvalue weighted by atomic mass is 9.82. The van der Waals surface area contributed by atoms with Crippen molar-refractivity contribution in [1.82, 2.24) is 15.3 Å². The van der Waals surface area contributed by atoms with Crippen molar-refractivity contribution in [3.8, 4) is 0 Å². The Morgan fingerprint density at radius 1 is 1.22 bits per heavy atom. The molecule has 2 rings (SSSR count). The Balaban J connectivity index is 2.12. The molecule has 1 aliphatic rings. The number of rotatable bonds is 9. The summed E-state index contributed by atoms with van der Waals surface area (Å²) in [4.78, 5) is 25.2. The fraction of sp³-hybridized carbons (Fsp3) is 0.500. The van der Waals surface area contributed by atoms with E-state index >= 15 is 0 Å². The second-order valence-corrected chi connectivity index (χ2v) is 8.24. The zero-order valence-corrected chi connectivity index (χ0v) is 16.7. The van der Waals surface area contributed by atoms with Gasteiger partial charge in [0.1, 0.15) is 0 Å². The number of nitrogens with one attached hydrogen (secondary N) is 2. The van der Waals surface area contributed by atoms with Gasteiger partial charge in [0, 0.05) is 12.3 Å². The highest BCUT2D eigenvalue weighted by molar-refractivity contribution is 7.97. The normalized spacial score (nSPS) is 17.2. The predicted molar refractivity (Wildman–Crippen MR) is 108 cm³/mol. The molecule has 2 amide bonds. The third kappa shape index (κ3) is 7.01. The second kappa shape index (κ2) is 11.1.